The lowest BCUT2D eigenvalue weighted by molar-refractivity contribution is 0.266. The van der Waals surface area contributed by atoms with Gasteiger partial charge >= 0.3 is 0 Å². The van der Waals surface area contributed by atoms with Gasteiger partial charge in [-0.1, -0.05) is 32.9 Å². The van der Waals surface area contributed by atoms with Crippen LogP contribution in [0.3, 0.4) is 0 Å². The maximum atomic E-state index is 5.86. The molecule has 0 aliphatic heterocycles. The Morgan fingerprint density at radius 1 is 1.29 bits per heavy atom. The molecular formula is C13H25N3O. The molecule has 0 spiro atoms. The summed E-state index contributed by atoms with van der Waals surface area (Å²) in [6.45, 7) is 9.20. The van der Waals surface area contributed by atoms with Gasteiger partial charge in [-0.15, -0.1) is 0 Å². The Kier molecular flexibility index (Phi) is 5.12. The Hall–Kier alpha value is -0.900. The maximum Gasteiger partial charge on any atom is 0.234 e. The molecule has 1 heterocycles. The molecule has 0 unspecified atom stereocenters. The van der Waals surface area contributed by atoms with Crippen LogP contribution in [0.4, 0.5) is 0 Å². The average molecular weight is 239 g/mol. The van der Waals surface area contributed by atoms with Crippen molar-refractivity contribution in [1.29, 1.82) is 0 Å². The first-order valence-corrected chi connectivity index (χ1v) is 6.61. The highest BCUT2D eigenvalue weighted by Crippen LogP contribution is 2.29. The predicted molar refractivity (Wildman–Crippen MR) is 68.8 cm³/mol. The fourth-order valence-corrected chi connectivity index (χ4v) is 1.92. The van der Waals surface area contributed by atoms with E-state index in [1.165, 1.54) is 0 Å². The lowest BCUT2D eigenvalue weighted by atomic mass is 9.82. The van der Waals surface area contributed by atoms with E-state index in [0.717, 1.165) is 31.5 Å². The lowest BCUT2D eigenvalue weighted by Gasteiger charge is -2.24. The number of aromatic nitrogens is 2. The number of aryl methyl sites for hydroxylation is 1. The first kappa shape index (κ1) is 14.2. The van der Waals surface area contributed by atoms with Gasteiger partial charge in [0, 0.05) is 13.0 Å². The van der Waals surface area contributed by atoms with E-state index < -0.39 is 0 Å². The van der Waals surface area contributed by atoms with E-state index in [0.29, 0.717) is 18.4 Å². The molecule has 1 rings (SSSR count). The zero-order valence-corrected chi connectivity index (χ0v) is 11.5. The summed E-state index contributed by atoms with van der Waals surface area (Å²) >= 11 is 0. The summed E-state index contributed by atoms with van der Waals surface area (Å²) in [5.41, 5.74) is 5.73. The van der Waals surface area contributed by atoms with Crippen molar-refractivity contribution in [3.63, 3.8) is 0 Å². The summed E-state index contributed by atoms with van der Waals surface area (Å²) in [5.74, 6) is 2.19. The van der Waals surface area contributed by atoms with Crippen molar-refractivity contribution in [1.82, 2.24) is 10.1 Å². The molecule has 4 nitrogen and oxygen atoms in total. The van der Waals surface area contributed by atoms with Gasteiger partial charge in [0.1, 0.15) is 0 Å². The van der Waals surface area contributed by atoms with E-state index in [1.807, 2.05) is 0 Å². The molecule has 0 saturated heterocycles. The van der Waals surface area contributed by atoms with E-state index >= 15 is 0 Å². The minimum Gasteiger partial charge on any atom is -0.339 e. The second-order valence-electron chi connectivity index (χ2n) is 5.14. The Bertz CT molecular complexity index is 321. The SMILES string of the molecule is CCC(CC)(CN)c1nc(CCC(C)C)no1. The Balaban J connectivity index is 2.78. The summed E-state index contributed by atoms with van der Waals surface area (Å²) in [7, 11) is 0. The normalized spacial score (nSPS) is 12.4. The first-order chi connectivity index (χ1) is 8.07. The van der Waals surface area contributed by atoms with E-state index in [-0.39, 0.29) is 5.41 Å². The highest BCUT2D eigenvalue weighted by molar-refractivity contribution is 5.05. The highest BCUT2D eigenvalue weighted by atomic mass is 16.5. The molecule has 0 saturated carbocycles. The zero-order chi connectivity index (χ0) is 12.9. The molecule has 2 N–H and O–H groups in total. The van der Waals surface area contributed by atoms with E-state index in [2.05, 4.69) is 37.8 Å². The Labute approximate surface area is 104 Å². The van der Waals surface area contributed by atoms with Crippen molar-refractivity contribution < 1.29 is 4.52 Å². The Morgan fingerprint density at radius 3 is 2.41 bits per heavy atom. The second kappa shape index (κ2) is 6.15. The van der Waals surface area contributed by atoms with Crippen molar-refractivity contribution >= 4 is 0 Å². The molecule has 0 fully saturated rings. The van der Waals surface area contributed by atoms with E-state index in [4.69, 9.17) is 10.3 Å². The lowest BCUT2D eigenvalue weighted by Crippen LogP contribution is -2.34. The standard InChI is InChI=1S/C13H25N3O/c1-5-13(6-2,9-14)12-15-11(16-17-12)8-7-10(3)4/h10H,5-9,14H2,1-4H3. The van der Waals surface area contributed by atoms with Crippen molar-refractivity contribution in [3.8, 4) is 0 Å². The van der Waals surface area contributed by atoms with Crippen LogP contribution in [0.15, 0.2) is 4.52 Å². The summed E-state index contributed by atoms with van der Waals surface area (Å²) in [6, 6.07) is 0. The zero-order valence-electron chi connectivity index (χ0n) is 11.5. The summed E-state index contributed by atoms with van der Waals surface area (Å²) in [6.07, 6.45) is 3.85. The number of nitrogens with zero attached hydrogens (tertiary/aromatic N) is 2. The monoisotopic (exact) mass is 239 g/mol. The minimum atomic E-state index is -0.136. The van der Waals surface area contributed by atoms with Crippen LogP contribution in [0.2, 0.25) is 0 Å². The van der Waals surface area contributed by atoms with Gasteiger partial charge in [-0.05, 0) is 25.2 Å². The molecule has 4 heteroatoms. The third-order valence-corrected chi connectivity index (χ3v) is 3.61. The molecule has 98 valence electrons. The van der Waals surface area contributed by atoms with Crippen LogP contribution in [0, 0.1) is 5.92 Å². The molecule has 0 amide bonds. The van der Waals surface area contributed by atoms with Crippen LogP contribution >= 0.6 is 0 Å². The quantitative estimate of drug-likeness (QED) is 0.794. The van der Waals surface area contributed by atoms with E-state index in [1.54, 1.807) is 0 Å². The fourth-order valence-electron chi connectivity index (χ4n) is 1.92. The molecule has 0 atom stereocenters. The molecule has 0 aliphatic carbocycles. The summed E-state index contributed by atoms with van der Waals surface area (Å²) < 4.78 is 5.39. The number of hydrogen-bond acceptors (Lipinski definition) is 4. The van der Waals surface area contributed by atoms with Crippen LogP contribution in [-0.4, -0.2) is 16.7 Å². The topological polar surface area (TPSA) is 64.9 Å². The molecule has 1 aromatic heterocycles. The van der Waals surface area contributed by atoms with Crippen LogP contribution < -0.4 is 5.73 Å². The first-order valence-electron chi connectivity index (χ1n) is 6.61. The van der Waals surface area contributed by atoms with Crippen molar-refractivity contribution in [2.75, 3.05) is 6.54 Å². The number of nitrogens with two attached hydrogens (primary N) is 1. The minimum absolute atomic E-state index is 0.136. The molecule has 0 radical (unpaired) electrons. The molecule has 0 aliphatic rings. The van der Waals surface area contributed by atoms with Gasteiger partial charge in [-0.25, -0.2) is 0 Å². The van der Waals surface area contributed by atoms with Gasteiger partial charge < -0.3 is 10.3 Å². The molecule has 0 aromatic carbocycles. The fraction of sp³-hybridized carbons (Fsp3) is 0.846. The highest BCUT2D eigenvalue weighted by Gasteiger charge is 2.33. The van der Waals surface area contributed by atoms with Crippen LogP contribution in [0.25, 0.3) is 0 Å². The number of rotatable bonds is 7. The van der Waals surface area contributed by atoms with Gasteiger partial charge in [0.25, 0.3) is 0 Å². The molecule has 17 heavy (non-hydrogen) atoms. The summed E-state index contributed by atoms with van der Waals surface area (Å²) in [4.78, 5) is 4.51. The van der Waals surface area contributed by atoms with Gasteiger partial charge in [-0.2, -0.15) is 4.98 Å². The smallest absolute Gasteiger partial charge is 0.234 e. The van der Waals surface area contributed by atoms with Crippen LogP contribution in [-0.2, 0) is 11.8 Å². The third kappa shape index (κ3) is 3.28. The molecule has 0 bridgehead atoms. The van der Waals surface area contributed by atoms with Crippen molar-refractivity contribution in [2.24, 2.45) is 11.7 Å². The Morgan fingerprint density at radius 2 is 1.94 bits per heavy atom. The predicted octanol–water partition coefficient (Wildman–Crippen LogP) is 2.67. The van der Waals surface area contributed by atoms with Gasteiger partial charge in [0.2, 0.25) is 5.89 Å². The van der Waals surface area contributed by atoms with Crippen molar-refractivity contribution in [3.05, 3.63) is 11.7 Å². The average Bonchev–Trinajstić information content (AvgIpc) is 2.79. The third-order valence-electron chi connectivity index (χ3n) is 3.61. The largest absolute Gasteiger partial charge is 0.339 e. The second-order valence-corrected chi connectivity index (χ2v) is 5.14. The van der Waals surface area contributed by atoms with Crippen LogP contribution in [0.1, 0.15) is 58.7 Å². The summed E-state index contributed by atoms with van der Waals surface area (Å²) in [5, 5.41) is 4.06. The molecule has 1 aromatic rings. The van der Waals surface area contributed by atoms with E-state index in [9.17, 15) is 0 Å². The van der Waals surface area contributed by atoms with Gasteiger partial charge in [0.15, 0.2) is 5.82 Å². The maximum absolute atomic E-state index is 5.86. The number of hydrogen-bond donors (Lipinski definition) is 1. The van der Waals surface area contributed by atoms with Gasteiger partial charge in [0.05, 0.1) is 5.41 Å². The molecular weight excluding hydrogens is 214 g/mol. The van der Waals surface area contributed by atoms with Crippen LogP contribution in [0.5, 0.6) is 0 Å². The van der Waals surface area contributed by atoms with Crippen molar-refractivity contribution in [2.45, 2.75) is 58.8 Å². The van der Waals surface area contributed by atoms with Gasteiger partial charge in [-0.3, -0.25) is 0 Å².